The van der Waals surface area contributed by atoms with Crippen molar-refractivity contribution in [3.8, 4) is 22.3 Å². The summed E-state index contributed by atoms with van der Waals surface area (Å²) in [6, 6.07) is 28.1. The molecule has 0 aliphatic heterocycles. The van der Waals surface area contributed by atoms with E-state index in [1.165, 1.54) is 27.8 Å². The highest BCUT2D eigenvalue weighted by atomic mass is 14.1. The Labute approximate surface area is 140 Å². The summed E-state index contributed by atoms with van der Waals surface area (Å²) in [7, 11) is 0. The average Bonchev–Trinajstić information content (AvgIpc) is 2.64. The average molecular weight is 302 g/mol. The minimum atomic E-state index is 0.537. The highest BCUT2D eigenvalue weighted by Crippen LogP contribution is 2.30. The van der Waals surface area contributed by atoms with Gasteiger partial charge in [0.2, 0.25) is 0 Å². The molecule has 0 heterocycles. The van der Waals surface area contributed by atoms with Gasteiger partial charge in [-0.25, -0.2) is 0 Å². The van der Waals surface area contributed by atoms with Gasteiger partial charge in [0.05, 0.1) is 0 Å². The fourth-order valence-electron chi connectivity index (χ4n) is 2.74. The maximum Gasteiger partial charge on any atom is -0.0149 e. The second-order valence-corrected chi connectivity index (χ2v) is 5.69. The quantitative estimate of drug-likeness (QED) is 0.481. The Morgan fingerprint density at radius 2 is 1.00 bits per heavy atom. The molecule has 0 N–H and O–H groups in total. The van der Waals surface area contributed by atoms with Crippen LogP contribution < -0.4 is 0 Å². The van der Waals surface area contributed by atoms with Gasteiger partial charge in [0.15, 0.2) is 0 Å². The molecule has 0 bridgehead atoms. The van der Waals surface area contributed by atoms with Crippen LogP contribution in [0.2, 0.25) is 0 Å². The molecular formula is C23H26. The SMILES string of the molecule is CC.CC(C)c1ccccc1-c1ccc(-c2ccccc2)cc1. The molecule has 0 spiro atoms. The van der Waals surface area contributed by atoms with Gasteiger partial charge in [-0.3, -0.25) is 0 Å². The molecule has 0 fully saturated rings. The minimum Gasteiger partial charge on any atom is -0.0683 e. The predicted octanol–water partition coefficient (Wildman–Crippen LogP) is 7.17. The first-order valence-corrected chi connectivity index (χ1v) is 8.50. The Hall–Kier alpha value is -2.34. The van der Waals surface area contributed by atoms with E-state index in [-0.39, 0.29) is 0 Å². The van der Waals surface area contributed by atoms with Crippen LogP contribution in [0.15, 0.2) is 78.9 Å². The topological polar surface area (TPSA) is 0 Å². The first-order valence-electron chi connectivity index (χ1n) is 8.50. The van der Waals surface area contributed by atoms with E-state index < -0.39 is 0 Å². The molecule has 0 amide bonds. The summed E-state index contributed by atoms with van der Waals surface area (Å²) in [5.74, 6) is 0.537. The van der Waals surface area contributed by atoms with Crippen molar-refractivity contribution in [1.82, 2.24) is 0 Å². The minimum absolute atomic E-state index is 0.537. The molecule has 3 rings (SSSR count). The molecule has 23 heavy (non-hydrogen) atoms. The Morgan fingerprint density at radius 1 is 0.522 bits per heavy atom. The predicted molar refractivity (Wildman–Crippen MR) is 103 cm³/mol. The molecule has 0 aliphatic rings. The monoisotopic (exact) mass is 302 g/mol. The van der Waals surface area contributed by atoms with Gasteiger partial charge in [-0.2, -0.15) is 0 Å². The molecule has 3 aromatic rings. The van der Waals surface area contributed by atoms with Gasteiger partial charge in [0.25, 0.3) is 0 Å². The van der Waals surface area contributed by atoms with E-state index in [0.29, 0.717) is 5.92 Å². The van der Waals surface area contributed by atoms with E-state index in [1.807, 2.05) is 13.8 Å². The van der Waals surface area contributed by atoms with E-state index in [4.69, 9.17) is 0 Å². The number of hydrogen-bond acceptors (Lipinski definition) is 0. The van der Waals surface area contributed by atoms with E-state index in [0.717, 1.165) is 0 Å². The maximum atomic E-state index is 2.25. The lowest BCUT2D eigenvalue weighted by molar-refractivity contribution is 0.869. The molecule has 0 nitrogen and oxygen atoms in total. The summed E-state index contributed by atoms with van der Waals surface area (Å²) in [5, 5.41) is 0. The summed E-state index contributed by atoms with van der Waals surface area (Å²) in [6.07, 6.45) is 0. The molecule has 0 aromatic heterocycles. The van der Waals surface area contributed by atoms with Crippen LogP contribution in [0.4, 0.5) is 0 Å². The molecule has 118 valence electrons. The number of rotatable bonds is 3. The van der Waals surface area contributed by atoms with Crippen molar-refractivity contribution >= 4 is 0 Å². The Balaban J connectivity index is 0.000000924. The zero-order valence-electron chi connectivity index (χ0n) is 14.6. The molecule has 0 saturated heterocycles. The van der Waals surface area contributed by atoms with Crippen molar-refractivity contribution in [2.45, 2.75) is 33.6 Å². The summed E-state index contributed by atoms with van der Waals surface area (Å²) in [6.45, 7) is 8.49. The van der Waals surface area contributed by atoms with Gasteiger partial charge in [0.1, 0.15) is 0 Å². The van der Waals surface area contributed by atoms with E-state index in [9.17, 15) is 0 Å². The van der Waals surface area contributed by atoms with Crippen LogP contribution >= 0.6 is 0 Å². The van der Waals surface area contributed by atoms with Crippen LogP contribution in [0.25, 0.3) is 22.3 Å². The Kier molecular flexibility index (Phi) is 6.17. The van der Waals surface area contributed by atoms with Crippen molar-refractivity contribution in [3.05, 3.63) is 84.4 Å². The number of benzene rings is 3. The third-order valence-electron chi connectivity index (χ3n) is 3.89. The fraction of sp³-hybridized carbons (Fsp3) is 0.217. The van der Waals surface area contributed by atoms with Crippen LogP contribution in [-0.4, -0.2) is 0 Å². The molecular weight excluding hydrogens is 276 g/mol. The fourth-order valence-corrected chi connectivity index (χ4v) is 2.74. The molecule has 0 aliphatic carbocycles. The summed E-state index contributed by atoms with van der Waals surface area (Å²) >= 11 is 0. The standard InChI is InChI=1S/C21H20.C2H6/c1-16(2)20-10-6-7-11-21(20)19-14-12-18(13-15-19)17-8-4-3-5-9-17;1-2/h3-16H,1-2H3;1-2H3. The molecule has 3 aromatic carbocycles. The molecule has 0 unspecified atom stereocenters. The second-order valence-electron chi connectivity index (χ2n) is 5.69. The van der Waals surface area contributed by atoms with Crippen molar-refractivity contribution in [1.29, 1.82) is 0 Å². The lowest BCUT2D eigenvalue weighted by atomic mass is 9.92. The van der Waals surface area contributed by atoms with Gasteiger partial charge < -0.3 is 0 Å². The first kappa shape index (κ1) is 17.0. The highest BCUT2D eigenvalue weighted by molar-refractivity contribution is 5.72. The highest BCUT2D eigenvalue weighted by Gasteiger charge is 2.07. The van der Waals surface area contributed by atoms with Gasteiger partial charge in [0, 0.05) is 0 Å². The summed E-state index contributed by atoms with van der Waals surface area (Å²) in [5.41, 5.74) is 6.57. The van der Waals surface area contributed by atoms with Crippen LogP contribution in [0.5, 0.6) is 0 Å². The molecule has 0 atom stereocenters. The first-order chi connectivity index (χ1) is 11.3. The van der Waals surface area contributed by atoms with Gasteiger partial charge in [-0.1, -0.05) is 107 Å². The lowest BCUT2D eigenvalue weighted by Crippen LogP contribution is -1.91. The van der Waals surface area contributed by atoms with Crippen molar-refractivity contribution in [2.24, 2.45) is 0 Å². The van der Waals surface area contributed by atoms with Crippen molar-refractivity contribution in [2.75, 3.05) is 0 Å². The number of hydrogen-bond donors (Lipinski definition) is 0. The third-order valence-corrected chi connectivity index (χ3v) is 3.89. The Bertz CT molecular complexity index is 707. The van der Waals surface area contributed by atoms with Crippen LogP contribution in [0.1, 0.15) is 39.2 Å². The summed E-state index contributed by atoms with van der Waals surface area (Å²) < 4.78 is 0. The normalized spacial score (nSPS) is 10.1. The summed E-state index contributed by atoms with van der Waals surface area (Å²) in [4.78, 5) is 0. The molecule has 0 heteroatoms. The third kappa shape index (κ3) is 4.10. The molecule has 0 saturated carbocycles. The van der Waals surface area contributed by atoms with Crippen molar-refractivity contribution in [3.63, 3.8) is 0 Å². The second kappa shape index (κ2) is 8.33. The van der Waals surface area contributed by atoms with Gasteiger partial charge in [-0.05, 0) is 33.7 Å². The van der Waals surface area contributed by atoms with E-state index in [1.54, 1.807) is 0 Å². The van der Waals surface area contributed by atoms with E-state index >= 15 is 0 Å². The van der Waals surface area contributed by atoms with Crippen LogP contribution in [0.3, 0.4) is 0 Å². The zero-order valence-corrected chi connectivity index (χ0v) is 14.6. The van der Waals surface area contributed by atoms with Crippen molar-refractivity contribution < 1.29 is 0 Å². The van der Waals surface area contributed by atoms with Crippen LogP contribution in [0, 0.1) is 0 Å². The van der Waals surface area contributed by atoms with E-state index in [2.05, 4.69) is 92.7 Å². The Morgan fingerprint density at radius 3 is 1.61 bits per heavy atom. The molecule has 0 radical (unpaired) electrons. The maximum absolute atomic E-state index is 2.25. The van der Waals surface area contributed by atoms with Crippen LogP contribution in [-0.2, 0) is 0 Å². The van der Waals surface area contributed by atoms with Gasteiger partial charge in [-0.15, -0.1) is 0 Å². The smallest absolute Gasteiger partial charge is 0.0149 e. The largest absolute Gasteiger partial charge is 0.0683 e. The zero-order chi connectivity index (χ0) is 16.7. The lowest BCUT2D eigenvalue weighted by Gasteiger charge is -2.13. The van der Waals surface area contributed by atoms with Gasteiger partial charge >= 0.3 is 0 Å².